The summed E-state index contributed by atoms with van der Waals surface area (Å²) in [6.07, 6.45) is 1.70. The number of likely N-dealkylation sites (N-methyl/N-ethyl adjacent to an activating group) is 2. The molecule has 0 radical (unpaired) electrons. The lowest BCUT2D eigenvalue weighted by Gasteiger charge is -2.42. The van der Waals surface area contributed by atoms with Crippen LogP contribution in [0.3, 0.4) is 0 Å². The molecule has 13 heteroatoms. The van der Waals surface area contributed by atoms with Crippen LogP contribution in [0.1, 0.15) is 53.5 Å². The average molecular weight is 643 g/mol. The molecule has 4 amide bonds. The summed E-state index contributed by atoms with van der Waals surface area (Å²) < 4.78 is 21.7. The van der Waals surface area contributed by atoms with Gasteiger partial charge in [-0.25, -0.2) is 4.79 Å². The second-order valence-electron chi connectivity index (χ2n) is 11.6. The van der Waals surface area contributed by atoms with Crippen molar-refractivity contribution in [2.45, 2.75) is 25.3 Å². The van der Waals surface area contributed by atoms with Crippen molar-refractivity contribution in [3.05, 3.63) is 75.1 Å². The van der Waals surface area contributed by atoms with Crippen molar-refractivity contribution in [1.82, 2.24) is 20.1 Å². The number of rotatable bonds is 8. The highest BCUT2D eigenvalue weighted by Gasteiger charge is 2.63. The van der Waals surface area contributed by atoms with Gasteiger partial charge in [-0.15, -0.1) is 0 Å². The Kier molecular flexibility index (Phi) is 7.57. The summed E-state index contributed by atoms with van der Waals surface area (Å²) >= 11 is 0. The number of methoxy groups -OCH3 is 4. The first kappa shape index (κ1) is 31.4. The van der Waals surface area contributed by atoms with E-state index in [9.17, 15) is 24.0 Å². The lowest BCUT2D eigenvalue weighted by Crippen LogP contribution is -2.56. The fraction of sp³-hybridized carbons (Fsp3) is 0.324. The highest BCUT2D eigenvalue weighted by molar-refractivity contribution is 6.43. The lowest BCUT2D eigenvalue weighted by molar-refractivity contribution is -0.130. The SMILES string of the molecule is COc1ccc(C)c2c1CC1(C(=O)N(C)C(=O)N1C)C1=C2C(=O)c2[nH]cc(CCNC(=O)c3cc(OC)c(OC)c(OC)c3)c2C1=O. The summed E-state index contributed by atoms with van der Waals surface area (Å²) in [5, 5.41) is 2.83. The molecule has 2 aromatic carbocycles. The van der Waals surface area contributed by atoms with E-state index in [-0.39, 0.29) is 47.4 Å². The molecule has 3 aliphatic rings. The van der Waals surface area contributed by atoms with Crippen molar-refractivity contribution in [3.63, 3.8) is 0 Å². The number of fused-ring (bicyclic) bond motifs is 4. The summed E-state index contributed by atoms with van der Waals surface area (Å²) in [6, 6.07) is 6.00. The van der Waals surface area contributed by atoms with E-state index in [1.165, 1.54) is 59.6 Å². The number of ketones is 2. The molecule has 2 aliphatic carbocycles. The third kappa shape index (κ3) is 4.32. The van der Waals surface area contributed by atoms with Gasteiger partial charge in [-0.1, -0.05) is 6.07 Å². The summed E-state index contributed by atoms with van der Waals surface area (Å²) in [4.78, 5) is 74.5. The number of carbonyl (C=O) groups excluding carboxylic acids is 5. The summed E-state index contributed by atoms with van der Waals surface area (Å²) in [7, 11) is 8.67. The maximum atomic E-state index is 14.6. The number of nitrogens with one attached hydrogen (secondary N) is 2. The van der Waals surface area contributed by atoms with E-state index >= 15 is 0 Å². The Morgan fingerprint density at radius 3 is 2.15 bits per heavy atom. The van der Waals surface area contributed by atoms with Gasteiger partial charge in [0, 0.05) is 55.5 Å². The lowest BCUT2D eigenvalue weighted by atomic mass is 9.65. The molecule has 2 heterocycles. The van der Waals surface area contributed by atoms with Gasteiger partial charge in [-0.05, 0) is 48.2 Å². The van der Waals surface area contributed by atoms with Crippen LogP contribution in [0.2, 0.25) is 0 Å². The number of urea groups is 1. The highest BCUT2D eigenvalue weighted by atomic mass is 16.5. The molecule has 0 bridgehead atoms. The molecule has 2 N–H and O–H groups in total. The Bertz CT molecular complexity index is 1920. The zero-order valence-electron chi connectivity index (χ0n) is 27.1. The Balaban J connectivity index is 1.38. The van der Waals surface area contributed by atoms with Crippen LogP contribution in [0.4, 0.5) is 4.79 Å². The summed E-state index contributed by atoms with van der Waals surface area (Å²) in [6.45, 7) is 1.93. The van der Waals surface area contributed by atoms with Crippen LogP contribution in [0.15, 0.2) is 36.0 Å². The molecule has 6 rings (SSSR count). The van der Waals surface area contributed by atoms with Crippen LogP contribution in [0, 0.1) is 6.92 Å². The molecule has 1 spiro atoms. The first-order valence-corrected chi connectivity index (χ1v) is 14.8. The molecule has 3 aromatic rings. The van der Waals surface area contributed by atoms with Crippen molar-refractivity contribution in [2.24, 2.45) is 0 Å². The second-order valence-corrected chi connectivity index (χ2v) is 11.6. The Hall–Kier alpha value is -5.59. The Morgan fingerprint density at radius 1 is 0.915 bits per heavy atom. The molecule has 13 nitrogen and oxygen atoms in total. The molecular weight excluding hydrogens is 608 g/mol. The third-order valence-electron chi connectivity index (χ3n) is 9.33. The van der Waals surface area contributed by atoms with E-state index in [2.05, 4.69) is 10.3 Å². The number of benzene rings is 2. The number of aromatic amines is 1. The second kappa shape index (κ2) is 11.3. The number of allylic oxidation sites excluding steroid dienone is 1. The van der Waals surface area contributed by atoms with E-state index < -0.39 is 35.0 Å². The predicted octanol–water partition coefficient (Wildman–Crippen LogP) is 2.98. The molecule has 0 saturated carbocycles. The monoisotopic (exact) mass is 642 g/mol. The number of aryl methyl sites for hydroxylation is 1. The van der Waals surface area contributed by atoms with Crippen LogP contribution in [0.25, 0.3) is 5.57 Å². The number of imide groups is 1. The smallest absolute Gasteiger partial charge is 0.327 e. The first-order chi connectivity index (χ1) is 22.5. The van der Waals surface area contributed by atoms with Crippen molar-refractivity contribution in [3.8, 4) is 23.0 Å². The Labute approximate surface area is 270 Å². The number of carbonyl (C=O) groups is 5. The van der Waals surface area contributed by atoms with Gasteiger partial charge in [0.25, 0.3) is 11.8 Å². The molecule has 47 heavy (non-hydrogen) atoms. The van der Waals surface area contributed by atoms with Crippen LogP contribution >= 0.6 is 0 Å². The minimum absolute atomic E-state index is 0.0358. The molecular formula is C34H34N4O9. The van der Waals surface area contributed by atoms with Gasteiger partial charge in [0.2, 0.25) is 11.5 Å². The van der Waals surface area contributed by atoms with Crippen LogP contribution in [-0.2, 0) is 17.6 Å². The number of H-pyrrole nitrogens is 1. The number of ether oxygens (including phenoxy) is 4. The zero-order chi connectivity index (χ0) is 33.9. The molecule has 244 valence electrons. The number of hydrogen-bond acceptors (Lipinski definition) is 9. The van der Waals surface area contributed by atoms with Gasteiger partial charge >= 0.3 is 6.03 Å². The van der Waals surface area contributed by atoms with Gasteiger partial charge in [-0.2, -0.15) is 0 Å². The predicted molar refractivity (Wildman–Crippen MR) is 169 cm³/mol. The Morgan fingerprint density at radius 2 is 1.57 bits per heavy atom. The maximum absolute atomic E-state index is 14.6. The summed E-state index contributed by atoms with van der Waals surface area (Å²) in [5.41, 5.74) is 1.04. The van der Waals surface area contributed by atoms with E-state index in [4.69, 9.17) is 18.9 Å². The van der Waals surface area contributed by atoms with Gasteiger partial charge in [0.1, 0.15) is 5.75 Å². The van der Waals surface area contributed by atoms with E-state index in [1.54, 1.807) is 18.3 Å². The number of hydrogen-bond donors (Lipinski definition) is 2. The highest BCUT2D eigenvalue weighted by Crippen LogP contribution is 2.51. The van der Waals surface area contributed by atoms with Crippen LogP contribution < -0.4 is 24.3 Å². The third-order valence-corrected chi connectivity index (χ3v) is 9.33. The van der Waals surface area contributed by atoms with Gasteiger partial charge < -0.3 is 34.1 Å². The summed E-state index contributed by atoms with van der Waals surface area (Å²) in [5.74, 6) is -0.606. The van der Waals surface area contributed by atoms with Crippen molar-refractivity contribution >= 4 is 35.0 Å². The largest absolute Gasteiger partial charge is 0.496 e. The fourth-order valence-electron chi connectivity index (χ4n) is 7.00. The standard InChI is InChI=1S/C34H34N4O9/c1-16-8-9-20(44-4)19-14-34(32(42)37(2)33(43)38(34)3)26-25(23(16)19)29(40)27-24(28(26)39)17(15-36-27)10-11-35-31(41)18-12-21(45-5)30(47-7)22(13-18)46-6/h8-9,12-13,15,36H,10-11,14H2,1-7H3,(H,35,41). The fourth-order valence-corrected chi connectivity index (χ4v) is 7.00. The van der Waals surface area contributed by atoms with E-state index in [1.807, 2.05) is 6.92 Å². The van der Waals surface area contributed by atoms with E-state index in [0.717, 1.165) is 10.5 Å². The number of amides is 4. The minimum atomic E-state index is -1.76. The van der Waals surface area contributed by atoms with Crippen LogP contribution in [-0.4, -0.2) is 98.8 Å². The molecule has 1 saturated heterocycles. The zero-order valence-corrected chi connectivity index (χ0v) is 27.1. The first-order valence-electron chi connectivity index (χ1n) is 14.8. The molecule has 1 atom stereocenters. The minimum Gasteiger partial charge on any atom is -0.496 e. The van der Waals surface area contributed by atoms with Gasteiger partial charge in [0.05, 0.1) is 39.7 Å². The topological polar surface area (TPSA) is 157 Å². The number of aromatic nitrogens is 1. The molecule has 1 fully saturated rings. The van der Waals surface area contributed by atoms with Gasteiger partial charge in [-0.3, -0.25) is 24.1 Å². The van der Waals surface area contributed by atoms with Crippen LogP contribution in [0.5, 0.6) is 23.0 Å². The molecule has 1 aromatic heterocycles. The number of nitrogens with zero attached hydrogens (tertiary/aromatic N) is 2. The number of Topliss-reactive ketones (excluding diaryl/α,β-unsaturated/α-hetero) is 2. The maximum Gasteiger partial charge on any atom is 0.327 e. The quantitative estimate of drug-likeness (QED) is 0.353. The average Bonchev–Trinajstić information content (AvgIpc) is 3.57. The van der Waals surface area contributed by atoms with Gasteiger partial charge in [0.15, 0.2) is 22.8 Å². The van der Waals surface area contributed by atoms with Crippen molar-refractivity contribution in [2.75, 3.05) is 49.1 Å². The van der Waals surface area contributed by atoms with Crippen molar-refractivity contribution < 1.29 is 42.9 Å². The molecule has 1 aliphatic heterocycles. The van der Waals surface area contributed by atoms with Crippen molar-refractivity contribution in [1.29, 1.82) is 0 Å². The van der Waals surface area contributed by atoms with E-state index in [0.29, 0.717) is 39.7 Å². The molecule has 1 unspecified atom stereocenters. The normalized spacial score (nSPS) is 18.4.